The summed E-state index contributed by atoms with van der Waals surface area (Å²) in [6.07, 6.45) is 0. The van der Waals surface area contributed by atoms with Crippen molar-refractivity contribution in [3.63, 3.8) is 0 Å². The molecule has 0 atom stereocenters. The van der Waals surface area contributed by atoms with Crippen molar-refractivity contribution in [2.75, 3.05) is 0 Å². The van der Waals surface area contributed by atoms with Crippen molar-refractivity contribution in [3.05, 3.63) is 121 Å². The van der Waals surface area contributed by atoms with Gasteiger partial charge in [0.2, 0.25) is 0 Å². The minimum atomic E-state index is -0.552. The van der Waals surface area contributed by atoms with Crippen LogP contribution in [0.5, 0.6) is 0 Å². The van der Waals surface area contributed by atoms with Crippen molar-refractivity contribution in [1.29, 1.82) is 0 Å². The Morgan fingerprint density at radius 3 is 0.793 bits per heavy atom. The van der Waals surface area contributed by atoms with Gasteiger partial charge in [0.25, 0.3) is 0 Å². The summed E-state index contributed by atoms with van der Waals surface area (Å²) in [6.45, 7) is 4.95. The van der Waals surface area contributed by atoms with Gasteiger partial charge in [0.05, 0.1) is 0 Å². The van der Waals surface area contributed by atoms with Crippen LogP contribution in [0.25, 0.3) is 0 Å². The first kappa shape index (κ1) is 20.0. The molecule has 0 aliphatic heterocycles. The van der Waals surface area contributed by atoms with Gasteiger partial charge in [-0.1, -0.05) is 135 Å². The smallest absolute Gasteiger partial charge is 0.0210 e. The molecule has 0 N–H and O–H groups in total. The maximum Gasteiger partial charge on any atom is 0.0210 e. The van der Waals surface area contributed by atoms with E-state index in [2.05, 4.69) is 135 Å². The largest absolute Gasteiger partial charge is 0.0622 e. The van der Waals surface area contributed by atoms with Gasteiger partial charge < -0.3 is 0 Å². The molecule has 2 heteroatoms. The number of hydrogen-bond donors (Lipinski definition) is 0. The molecule has 4 aromatic carbocycles. The van der Waals surface area contributed by atoms with E-state index in [1.54, 1.807) is 0 Å². The lowest BCUT2D eigenvalue weighted by molar-refractivity contribution is 1.00. The summed E-state index contributed by atoms with van der Waals surface area (Å²) in [5.41, 5.74) is 0. The SMILES string of the molecule is CC(C)(P(c1ccccc1)c1ccccc1)P(c1ccccc1)c1ccccc1. The highest BCUT2D eigenvalue weighted by atomic mass is 31.2. The highest BCUT2D eigenvalue weighted by Gasteiger charge is 2.40. The van der Waals surface area contributed by atoms with Gasteiger partial charge in [0.15, 0.2) is 0 Å². The zero-order valence-electron chi connectivity index (χ0n) is 16.9. The summed E-state index contributed by atoms with van der Waals surface area (Å²) in [7, 11) is -1.10. The average molecular weight is 412 g/mol. The minimum Gasteiger partial charge on any atom is -0.0622 e. The molecule has 4 aromatic rings. The maximum atomic E-state index is 2.48. The van der Waals surface area contributed by atoms with Gasteiger partial charge in [0.1, 0.15) is 0 Å². The van der Waals surface area contributed by atoms with E-state index in [0.717, 1.165) is 0 Å². The van der Waals surface area contributed by atoms with Crippen LogP contribution in [-0.2, 0) is 0 Å². The first-order chi connectivity index (χ1) is 14.2. The van der Waals surface area contributed by atoms with Crippen LogP contribution in [0.3, 0.4) is 0 Å². The highest BCUT2D eigenvalue weighted by Crippen LogP contribution is 2.64. The van der Waals surface area contributed by atoms with E-state index < -0.39 is 15.8 Å². The molecule has 0 nitrogen and oxygen atoms in total. The van der Waals surface area contributed by atoms with Crippen LogP contribution in [0.1, 0.15) is 13.8 Å². The second-order valence-electron chi connectivity index (χ2n) is 7.51. The van der Waals surface area contributed by atoms with Crippen molar-refractivity contribution in [3.8, 4) is 0 Å². The van der Waals surface area contributed by atoms with E-state index in [0.29, 0.717) is 0 Å². The molecular formula is C27H26P2. The van der Waals surface area contributed by atoms with Gasteiger partial charge in [-0.3, -0.25) is 0 Å². The molecule has 0 heterocycles. The predicted octanol–water partition coefficient (Wildman–Crippen LogP) is 5.99. The molecule has 0 amide bonds. The van der Waals surface area contributed by atoms with Crippen molar-refractivity contribution >= 4 is 37.1 Å². The fourth-order valence-corrected chi connectivity index (χ4v) is 11.2. The Labute approximate surface area is 177 Å². The summed E-state index contributed by atoms with van der Waals surface area (Å²) in [5, 5.41) is 5.77. The summed E-state index contributed by atoms with van der Waals surface area (Å²) < 4.78 is 0. The van der Waals surface area contributed by atoms with Crippen LogP contribution in [0, 0.1) is 0 Å². The molecule has 29 heavy (non-hydrogen) atoms. The van der Waals surface area contributed by atoms with Gasteiger partial charge in [-0.25, -0.2) is 0 Å². The van der Waals surface area contributed by atoms with Gasteiger partial charge in [-0.15, -0.1) is 0 Å². The molecule has 0 fully saturated rings. The molecule has 0 aromatic heterocycles. The zero-order valence-corrected chi connectivity index (χ0v) is 18.7. The van der Waals surface area contributed by atoms with E-state index >= 15 is 0 Å². The van der Waals surface area contributed by atoms with Crippen LogP contribution in [0.15, 0.2) is 121 Å². The lowest BCUT2D eigenvalue weighted by atomic mass is 10.4. The van der Waals surface area contributed by atoms with Crippen molar-refractivity contribution in [2.24, 2.45) is 0 Å². The number of hydrogen-bond acceptors (Lipinski definition) is 0. The molecule has 0 saturated carbocycles. The van der Waals surface area contributed by atoms with E-state index in [4.69, 9.17) is 0 Å². The molecule has 4 rings (SSSR count). The minimum absolute atomic E-state index is 0.0794. The lowest BCUT2D eigenvalue weighted by Crippen LogP contribution is -2.34. The van der Waals surface area contributed by atoms with E-state index in [9.17, 15) is 0 Å². The van der Waals surface area contributed by atoms with Gasteiger partial charge in [0, 0.05) is 4.90 Å². The lowest BCUT2D eigenvalue weighted by Gasteiger charge is -2.43. The molecule has 0 aliphatic rings. The van der Waals surface area contributed by atoms with Crippen LogP contribution >= 0.6 is 15.8 Å². The summed E-state index contributed by atoms with van der Waals surface area (Å²) >= 11 is 0. The summed E-state index contributed by atoms with van der Waals surface area (Å²) in [4.78, 5) is 0.0794. The third kappa shape index (κ3) is 4.35. The van der Waals surface area contributed by atoms with Gasteiger partial charge >= 0.3 is 0 Å². The fraction of sp³-hybridized carbons (Fsp3) is 0.111. The van der Waals surface area contributed by atoms with Crippen LogP contribution in [0.4, 0.5) is 0 Å². The maximum absolute atomic E-state index is 2.48. The number of benzene rings is 4. The van der Waals surface area contributed by atoms with Gasteiger partial charge in [-0.2, -0.15) is 0 Å². The highest BCUT2D eigenvalue weighted by molar-refractivity contribution is 7.90. The molecule has 0 radical (unpaired) electrons. The third-order valence-electron chi connectivity index (χ3n) is 5.15. The summed E-state index contributed by atoms with van der Waals surface area (Å²) in [5.74, 6) is 0. The summed E-state index contributed by atoms with van der Waals surface area (Å²) in [6, 6.07) is 44.4. The first-order valence-electron chi connectivity index (χ1n) is 9.98. The molecule has 144 valence electrons. The zero-order chi connectivity index (χ0) is 20.1. The second kappa shape index (κ2) is 9.04. The van der Waals surface area contributed by atoms with Crippen molar-refractivity contribution < 1.29 is 0 Å². The fourth-order valence-electron chi connectivity index (χ4n) is 3.97. The molecule has 0 spiro atoms. The van der Waals surface area contributed by atoms with Gasteiger partial charge in [-0.05, 0) is 37.1 Å². The standard InChI is InChI=1S/C27H26P2/c1-27(2,28(23-15-7-3-8-16-23)24-17-9-4-10-18-24)29(25-19-11-5-12-20-25)26-21-13-6-14-22-26/h3-22H,1-2H3. The molecule has 0 unspecified atom stereocenters. The van der Waals surface area contributed by atoms with Crippen LogP contribution in [0.2, 0.25) is 0 Å². The van der Waals surface area contributed by atoms with Crippen LogP contribution < -0.4 is 21.2 Å². The second-order valence-corrected chi connectivity index (χ2v) is 13.5. The average Bonchev–Trinajstić information content (AvgIpc) is 2.77. The monoisotopic (exact) mass is 412 g/mol. The Bertz CT molecular complexity index is 849. The van der Waals surface area contributed by atoms with Crippen molar-refractivity contribution in [2.45, 2.75) is 18.7 Å². The topological polar surface area (TPSA) is 0 Å². The van der Waals surface area contributed by atoms with E-state index in [1.807, 2.05) is 0 Å². The normalized spacial score (nSPS) is 11.7. The molecule has 0 saturated heterocycles. The Balaban J connectivity index is 1.91. The number of rotatable bonds is 6. The quantitative estimate of drug-likeness (QED) is 0.341. The molecule has 0 aliphatic carbocycles. The van der Waals surface area contributed by atoms with E-state index in [1.165, 1.54) is 21.2 Å². The Kier molecular flexibility index (Phi) is 6.25. The first-order valence-corrected chi connectivity index (χ1v) is 12.7. The Hall–Kier alpha value is -2.26. The third-order valence-corrected chi connectivity index (χ3v) is 11.8. The Morgan fingerprint density at radius 1 is 0.379 bits per heavy atom. The van der Waals surface area contributed by atoms with E-state index in [-0.39, 0.29) is 4.90 Å². The van der Waals surface area contributed by atoms with Crippen molar-refractivity contribution in [1.82, 2.24) is 0 Å². The Morgan fingerprint density at radius 2 is 0.586 bits per heavy atom. The van der Waals surface area contributed by atoms with Crippen LogP contribution in [-0.4, -0.2) is 4.90 Å². The molecule has 0 bridgehead atoms. The predicted molar refractivity (Wildman–Crippen MR) is 132 cm³/mol. The molecular weight excluding hydrogens is 386 g/mol.